The van der Waals surface area contributed by atoms with Gasteiger partial charge in [-0.3, -0.25) is 9.59 Å². The molecule has 0 radical (unpaired) electrons. The van der Waals surface area contributed by atoms with E-state index in [2.05, 4.69) is 13.8 Å². The summed E-state index contributed by atoms with van der Waals surface area (Å²) in [6.07, 6.45) is -0.736. The predicted octanol–water partition coefficient (Wildman–Crippen LogP) is 2.38. The summed E-state index contributed by atoms with van der Waals surface area (Å²) in [7, 11) is 0. The molecule has 3 aliphatic carbocycles. The van der Waals surface area contributed by atoms with Crippen LogP contribution in [-0.4, -0.2) is 47.3 Å². The highest BCUT2D eigenvalue weighted by Gasteiger charge is 2.75. The maximum absolute atomic E-state index is 13.9. The first kappa shape index (κ1) is 20.8. The first-order valence-electron chi connectivity index (χ1n) is 9.70. The van der Waals surface area contributed by atoms with Gasteiger partial charge in [0.05, 0.1) is 5.92 Å². The number of ether oxygens (including phenoxy) is 3. The lowest BCUT2D eigenvalue weighted by molar-refractivity contribution is -0.172. The monoisotopic (exact) mass is 401 g/mol. The lowest BCUT2D eigenvalue weighted by Gasteiger charge is -2.33. The molecule has 0 aromatic carbocycles. The van der Waals surface area contributed by atoms with Crippen LogP contribution in [0.25, 0.3) is 0 Å². The van der Waals surface area contributed by atoms with Crippen LogP contribution < -0.4 is 5.73 Å². The Morgan fingerprint density at radius 3 is 2.36 bits per heavy atom. The largest absolute Gasteiger partial charge is 0.511 e. The third kappa shape index (κ3) is 3.81. The second-order valence-corrected chi connectivity index (χ2v) is 9.01. The Labute approximate surface area is 162 Å². The van der Waals surface area contributed by atoms with Gasteiger partial charge in [-0.15, -0.1) is 0 Å². The van der Waals surface area contributed by atoms with Gasteiger partial charge in [-0.05, 0) is 43.4 Å². The summed E-state index contributed by atoms with van der Waals surface area (Å²) in [5.74, 6) is -4.27. The first-order valence-corrected chi connectivity index (χ1v) is 9.70. The van der Waals surface area contributed by atoms with E-state index in [-0.39, 0.29) is 17.9 Å². The molecule has 9 heteroatoms. The van der Waals surface area contributed by atoms with E-state index in [0.29, 0.717) is 0 Å². The lowest BCUT2D eigenvalue weighted by atomic mass is 9.76. The zero-order valence-corrected chi connectivity index (χ0v) is 16.4. The minimum Gasteiger partial charge on any atom is -0.480 e. The van der Waals surface area contributed by atoms with Crippen molar-refractivity contribution in [1.29, 1.82) is 0 Å². The zero-order chi connectivity index (χ0) is 20.9. The van der Waals surface area contributed by atoms with E-state index >= 15 is 0 Å². The number of esters is 1. The third-order valence-corrected chi connectivity index (χ3v) is 6.45. The number of rotatable bonds is 5. The van der Waals surface area contributed by atoms with Gasteiger partial charge in [0.1, 0.15) is 17.8 Å². The summed E-state index contributed by atoms with van der Waals surface area (Å²) in [6, 6.07) is 0. The molecule has 0 spiro atoms. The summed E-state index contributed by atoms with van der Waals surface area (Å²) in [6.45, 7) is 5.70. The van der Waals surface area contributed by atoms with Crippen molar-refractivity contribution in [2.45, 2.75) is 77.0 Å². The van der Waals surface area contributed by atoms with Gasteiger partial charge in [0.2, 0.25) is 6.29 Å². The van der Waals surface area contributed by atoms with E-state index in [4.69, 9.17) is 19.9 Å². The summed E-state index contributed by atoms with van der Waals surface area (Å²) < 4.78 is 29.2. The summed E-state index contributed by atoms with van der Waals surface area (Å²) >= 11 is 0. The molecule has 158 valence electrons. The topological polar surface area (TPSA) is 125 Å². The molecule has 0 aliphatic heterocycles. The standard InChI is InChI=1S/C19H28FNO7/c1-9(27-17(25)28-10-4-6-18(2,3)7-5-10)26-15(22)13-11-8-12(20)19(21,14(11)13)16(23)24/h9-14H,4-8,21H2,1-3H3,(H,23,24)/t9?,11?,12-,13+,14-,19-/m0/s1. The smallest absolute Gasteiger partial charge is 0.480 e. The highest BCUT2D eigenvalue weighted by molar-refractivity contribution is 5.86. The maximum atomic E-state index is 13.9. The van der Waals surface area contributed by atoms with E-state index < -0.39 is 53.8 Å². The average molecular weight is 401 g/mol. The molecule has 3 saturated carbocycles. The zero-order valence-electron chi connectivity index (χ0n) is 16.4. The van der Waals surface area contributed by atoms with Gasteiger partial charge >= 0.3 is 18.1 Å². The Morgan fingerprint density at radius 1 is 1.18 bits per heavy atom. The highest BCUT2D eigenvalue weighted by atomic mass is 19.1. The van der Waals surface area contributed by atoms with Crippen molar-refractivity contribution in [2.75, 3.05) is 0 Å². The molecule has 3 aliphatic rings. The van der Waals surface area contributed by atoms with Gasteiger partial charge in [0.15, 0.2) is 0 Å². The van der Waals surface area contributed by atoms with Crippen LogP contribution in [0.2, 0.25) is 0 Å². The molecule has 0 amide bonds. The average Bonchev–Trinajstić information content (AvgIpc) is 3.23. The first-order chi connectivity index (χ1) is 13.0. The Kier molecular flexibility index (Phi) is 5.33. The fraction of sp³-hybridized carbons (Fsp3) is 0.842. The number of carboxylic acids is 1. The van der Waals surface area contributed by atoms with Crippen molar-refractivity contribution < 1.29 is 38.1 Å². The van der Waals surface area contributed by atoms with Gasteiger partial charge in [0, 0.05) is 12.8 Å². The number of alkyl halides is 1. The van der Waals surface area contributed by atoms with Gasteiger partial charge in [-0.25, -0.2) is 9.18 Å². The Hall–Kier alpha value is -1.90. The molecular formula is C19H28FNO7. The van der Waals surface area contributed by atoms with Crippen LogP contribution in [-0.2, 0) is 23.8 Å². The number of nitrogens with two attached hydrogens (primary N) is 1. The molecule has 0 heterocycles. The quantitative estimate of drug-likeness (QED) is 0.531. The SMILES string of the molecule is CC(OC(=O)OC1CCC(C)(C)CC1)OC(=O)[C@@H]1C2C[C@H](F)[C@@](N)(C(=O)O)[C@@H]21. The summed E-state index contributed by atoms with van der Waals surface area (Å²) in [5, 5.41) is 9.23. The number of carboxylic acid groups (broad SMARTS) is 1. The van der Waals surface area contributed by atoms with E-state index in [0.717, 1.165) is 25.7 Å². The Bertz CT molecular complexity index is 659. The van der Waals surface area contributed by atoms with Crippen LogP contribution in [0.1, 0.15) is 52.9 Å². The van der Waals surface area contributed by atoms with Crippen molar-refractivity contribution in [3.8, 4) is 0 Å². The predicted molar refractivity (Wildman–Crippen MR) is 93.7 cm³/mol. The fourth-order valence-corrected chi connectivity index (χ4v) is 4.62. The molecule has 28 heavy (non-hydrogen) atoms. The minimum absolute atomic E-state index is 0.0947. The molecule has 8 nitrogen and oxygen atoms in total. The number of halogens is 1. The van der Waals surface area contributed by atoms with Gasteiger partial charge in [-0.1, -0.05) is 13.8 Å². The van der Waals surface area contributed by atoms with Crippen molar-refractivity contribution in [3.05, 3.63) is 0 Å². The number of carbonyl (C=O) groups is 3. The minimum atomic E-state index is -2.08. The van der Waals surface area contributed by atoms with E-state index in [9.17, 15) is 23.9 Å². The summed E-state index contributed by atoms with van der Waals surface area (Å²) in [5.41, 5.74) is 3.87. The van der Waals surface area contributed by atoms with E-state index in [1.165, 1.54) is 6.92 Å². The Balaban J connectivity index is 1.44. The third-order valence-electron chi connectivity index (χ3n) is 6.45. The number of aliphatic carboxylic acids is 1. The van der Waals surface area contributed by atoms with Crippen LogP contribution in [0.4, 0.5) is 9.18 Å². The molecule has 2 unspecified atom stereocenters. The maximum Gasteiger partial charge on any atom is 0.511 e. The van der Waals surface area contributed by atoms with Crippen molar-refractivity contribution in [3.63, 3.8) is 0 Å². The molecule has 0 aromatic rings. The second-order valence-electron chi connectivity index (χ2n) is 9.01. The molecule has 0 saturated heterocycles. The van der Waals surface area contributed by atoms with Crippen LogP contribution in [0.15, 0.2) is 0 Å². The molecule has 3 fully saturated rings. The molecular weight excluding hydrogens is 373 g/mol. The van der Waals surface area contributed by atoms with Gasteiger partial charge < -0.3 is 25.1 Å². The van der Waals surface area contributed by atoms with Crippen molar-refractivity contribution >= 4 is 18.1 Å². The number of fused-ring (bicyclic) bond motifs is 1. The lowest BCUT2D eigenvalue weighted by Crippen LogP contribution is -2.56. The van der Waals surface area contributed by atoms with Crippen molar-refractivity contribution in [2.24, 2.45) is 28.9 Å². The molecule has 6 atom stereocenters. The van der Waals surface area contributed by atoms with E-state index in [1.807, 2.05) is 0 Å². The summed E-state index contributed by atoms with van der Waals surface area (Å²) in [4.78, 5) is 35.5. The normalized spacial score (nSPS) is 37.5. The highest BCUT2D eigenvalue weighted by Crippen LogP contribution is 2.62. The van der Waals surface area contributed by atoms with Gasteiger partial charge in [-0.2, -0.15) is 0 Å². The van der Waals surface area contributed by atoms with Crippen LogP contribution in [0.5, 0.6) is 0 Å². The van der Waals surface area contributed by atoms with Crippen LogP contribution >= 0.6 is 0 Å². The molecule has 0 bridgehead atoms. The number of hydrogen-bond acceptors (Lipinski definition) is 7. The second kappa shape index (κ2) is 7.17. The van der Waals surface area contributed by atoms with E-state index in [1.54, 1.807) is 0 Å². The van der Waals surface area contributed by atoms with Crippen LogP contribution in [0.3, 0.4) is 0 Å². The molecule has 3 rings (SSSR count). The van der Waals surface area contributed by atoms with Crippen LogP contribution in [0, 0.1) is 23.2 Å². The number of carbonyl (C=O) groups excluding carboxylic acids is 2. The Morgan fingerprint density at radius 2 is 1.79 bits per heavy atom. The molecule has 3 N–H and O–H groups in total. The van der Waals surface area contributed by atoms with Gasteiger partial charge in [0.25, 0.3) is 0 Å². The fourth-order valence-electron chi connectivity index (χ4n) is 4.62. The molecule has 0 aromatic heterocycles. The van der Waals surface area contributed by atoms with Crippen molar-refractivity contribution in [1.82, 2.24) is 0 Å². The number of hydrogen-bond donors (Lipinski definition) is 2.